The molecule has 0 spiro atoms. The Morgan fingerprint density at radius 3 is 2.19 bits per heavy atom. The van der Waals surface area contributed by atoms with E-state index in [1.165, 1.54) is 24.5 Å². The smallest absolute Gasteiger partial charge is 0.416 e. The first kappa shape index (κ1) is 30.3. The molecule has 0 aliphatic carbocycles. The van der Waals surface area contributed by atoms with Gasteiger partial charge in [0.05, 0.1) is 23.1 Å². The van der Waals surface area contributed by atoms with Crippen LogP contribution in [0.25, 0.3) is 0 Å². The summed E-state index contributed by atoms with van der Waals surface area (Å²) >= 11 is 1.38. The number of anilines is 2. The van der Waals surface area contributed by atoms with Gasteiger partial charge in [-0.25, -0.2) is 0 Å². The number of para-hydroxylation sites is 1. The number of hydrogen-bond acceptors (Lipinski definition) is 7. The van der Waals surface area contributed by atoms with Crippen LogP contribution in [0, 0.1) is 0 Å². The van der Waals surface area contributed by atoms with E-state index >= 15 is 0 Å². The van der Waals surface area contributed by atoms with Gasteiger partial charge >= 0.3 is 12.4 Å². The van der Waals surface area contributed by atoms with Crippen molar-refractivity contribution in [1.29, 1.82) is 0 Å². The largest absolute Gasteiger partial charge is 0.493 e. The Balaban J connectivity index is 1.25. The first-order valence-electron chi connectivity index (χ1n) is 13.2. The zero-order valence-corrected chi connectivity index (χ0v) is 23.7. The molecule has 1 fully saturated rings. The van der Waals surface area contributed by atoms with Crippen LogP contribution in [0.3, 0.4) is 0 Å². The quantitative estimate of drug-likeness (QED) is 0.207. The summed E-state index contributed by atoms with van der Waals surface area (Å²) in [6.07, 6.45) is -9.59. The Labute approximate surface area is 247 Å². The van der Waals surface area contributed by atoms with Crippen LogP contribution in [0.1, 0.15) is 27.1 Å². The summed E-state index contributed by atoms with van der Waals surface area (Å²) in [5.74, 6) is 0.260. The first-order chi connectivity index (χ1) is 20.4. The summed E-state index contributed by atoms with van der Waals surface area (Å²) in [4.78, 5) is 9.42. The maximum Gasteiger partial charge on any atom is 0.416 e. The van der Waals surface area contributed by atoms with Gasteiger partial charge in [0, 0.05) is 43.9 Å². The number of aromatic hydroxyl groups is 1. The van der Waals surface area contributed by atoms with Crippen LogP contribution in [0.4, 0.5) is 37.2 Å². The van der Waals surface area contributed by atoms with Crippen LogP contribution in [0.2, 0.25) is 0 Å². The van der Waals surface area contributed by atoms with Crippen molar-refractivity contribution in [3.63, 3.8) is 0 Å². The highest BCUT2D eigenvalue weighted by Gasteiger charge is 2.38. The Kier molecular flexibility index (Phi) is 8.63. The summed E-state index contributed by atoms with van der Waals surface area (Å²) in [5, 5.41) is 11.3. The number of hydrogen-bond donors (Lipinski definition) is 1. The van der Waals surface area contributed by atoms with Crippen molar-refractivity contribution in [1.82, 2.24) is 4.98 Å². The zero-order chi connectivity index (χ0) is 30.8. The zero-order valence-electron chi connectivity index (χ0n) is 22.9. The fourth-order valence-electron chi connectivity index (χ4n) is 4.80. The second-order valence-corrected chi connectivity index (χ2v) is 10.9. The predicted octanol–water partition coefficient (Wildman–Crippen LogP) is 7.39. The molecule has 1 aromatic heterocycles. The Hall–Kier alpha value is -4.13. The molecule has 1 saturated heterocycles. The molecule has 3 aromatic carbocycles. The molecule has 6 nitrogen and oxygen atoms in total. The molecule has 1 aliphatic rings. The fraction of sp³-hybridized carbons (Fsp3) is 0.300. The topological polar surface area (TPSA) is 58.1 Å². The van der Waals surface area contributed by atoms with Gasteiger partial charge in [0.15, 0.2) is 16.6 Å². The number of halogens is 6. The minimum absolute atomic E-state index is 0.0771. The minimum atomic E-state index is -5.00. The van der Waals surface area contributed by atoms with Crippen LogP contribution >= 0.6 is 11.3 Å². The van der Waals surface area contributed by atoms with E-state index in [0.29, 0.717) is 22.5 Å². The molecular weight excluding hydrogens is 596 g/mol. The highest BCUT2D eigenvalue weighted by atomic mass is 32.1. The number of nitrogens with zero attached hydrogens (tertiary/aromatic N) is 3. The van der Waals surface area contributed by atoms with Crippen molar-refractivity contribution in [2.45, 2.75) is 25.4 Å². The molecule has 43 heavy (non-hydrogen) atoms. The van der Waals surface area contributed by atoms with Crippen molar-refractivity contribution < 1.29 is 40.9 Å². The van der Waals surface area contributed by atoms with Crippen LogP contribution < -0.4 is 19.3 Å². The SMILES string of the molecule is COc1cc(Cc2sc(N3CCN(c4ccccc4)CC3)nc2O)ccc1OCc1ccc(C(F)(F)F)cc1C(F)(F)F. The van der Waals surface area contributed by atoms with Gasteiger partial charge in [-0.1, -0.05) is 41.7 Å². The van der Waals surface area contributed by atoms with E-state index in [1.807, 2.05) is 18.2 Å². The standard InChI is InChI=1S/C30H27F6N3O3S/c1-41-25-15-19(7-10-24(25)42-18-20-8-9-21(29(31,32)33)17-23(20)30(34,35)36)16-26-27(40)37-28(43-26)39-13-11-38(12-14-39)22-5-3-2-4-6-22/h2-10,15,17,40H,11-14,16,18H2,1H3. The van der Waals surface area contributed by atoms with E-state index in [-0.39, 0.29) is 23.4 Å². The maximum absolute atomic E-state index is 13.5. The average molecular weight is 624 g/mol. The minimum Gasteiger partial charge on any atom is -0.493 e. The molecule has 5 rings (SSSR count). The van der Waals surface area contributed by atoms with Crippen LogP contribution in [0.5, 0.6) is 17.4 Å². The molecule has 0 atom stereocenters. The van der Waals surface area contributed by atoms with Gasteiger partial charge in [-0.3, -0.25) is 0 Å². The molecule has 1 N–H and O–H groups in total. The number of rotatable bonds is 8. The molecular formula is C30H27F6N3O3S. The Morgan fingerprint density at radius 1 is 0.837 bits per heavy atom. The number of methoxy groups -OCH3 is 1. The molecule has 0 amide bonds. The lowest BCUT2D eigenvalue weighted by molar-refractivity contribution is -0.143. The van der Waals surface area contributed by atoms with Crippen molar-refractivity contribution in [2.75, 3.05) is 43.1 Å². The number of aromatic nitrogens is 1. The van der Waals surface area contributed by atoms with Crippen LogP contribution in [-0.2, 0) is 25.4 Å². The van der Waals surface area contributed by atoms with Gasteiger partial charge < -0.3 is 24.4 Å². The molecule has 228 valence electrons. The van der Waals surface area contributed by atoms with E-state index in [1.54, 1.807) is 12.1 Å². The van der Waals surface area contributed by atoms with E-state index in [9.17, 15) is 31.4 Å². The third-order valence-corrected chi connectivity index (χ3v) is 8.16. The number of ether oxygens (including phenoxy) is 2. The number of benzene rings is 3. The van der Waals surface area contributed by atoms with Crippen LogP contribution in [-0.4, -0.2) is 43.4 Å². The number of alkyl halides is 6. The average Bonchev–Trinajstić information content (AvgIpc) is 3.35. The van der Waals surface area contributed by atoms with E-state index in [2.05, 4.69) is 26.9 Å². The van der Waals surface area contributed by atoms with Crippen molar-refractivity contribution >= 4 is 22.2 Å². The summed E-state index contributed by atoms with van der Waals surface area (Å²) in [5.41, 5.74) is -1.37. The highest BCUT2D eigenvalue weighted by molar-refractivity contribution is 7.15. The summed E-state index contributed by atoms with van der Waals surface area (Å²) in [6.45, 7) is 2.50. The summed E-state index contributed by atoms with van der Waals surface area (Å²) < 4.78 is 90.4. The third-order valence-electron chi connectivity index (χ3n) is 7.06. The highest BCUT2D eigenvalue weighted by Crippen LogP contribution is 2.39. The maximum atomic E-state index is 13.5. The van der Waals surface area contributed by atoms with E-state index in [4.69, 9.17) is 9.47 Å². The molecule has 1 aliphatic heterocycles. The van der Waals surface area contributed by atoms with Gasteiger partial charge in [-0.15, -0.1) is 0 Å². The third kappa shape index (κ3) is 7.10. The second kappa shape index (κ2) is 12.2. The Morgan fingerprint density at radius 2 is 1.53 bits per heavy atom. The molecule has 2 heterocycles. The lowest BCUT2D eigenvalue weighted by Gasteiger charge is -2.35. The lowest BCUT2D eigenvalue weighted by atomic mass is 10.0. The van der Waals surface area contributed by atoms with Gasteiger partial charge in [0.1, 0.15) is 6.61 Å². The summed E-state index contributed by atoms with van der Waals surface area (Å²) in [6, 6.07) is 16.4. The Bertz CT molecular complexity index is 1550. The fourth-order valence-corrected chi connectivity index (χ4v) is 5.84. The monoisotopic (exact) mass is 623 g/mol. The van der Waals surface area contributed by atoms with Crippen molar-refractivity contribution in [3.05, 3.63) is 93.9 Å². The second-order valence-electron chi connectivity index (χ2n) is 9.87. The molecule has 0 unspecified atom stereocenters. The van der Waals surface area contributed by atoms with Gasteiger partial charge in [-0.2, -0.15) is 31.3 Å². The van der Waals surface area contributed by atoms with Gasteiger partial charge in [0.25, 0.3) is 0 Å². The molecule has 0 bridgehead atoms. The lowest BCUT2D eigenvalue weighted by Crippen LogP contribution is -2.46. The van der Waals surface area contributed by atoms with E-state index in [0.717, 1.165) is 43.5 Å². The molecule has 4 aromatic rings. The number of thiazole rings is 1. The van der Waals surface area contributed by atoms with E-state index < -0.39 is 35.6 Å². The van der Waals surface area contributed by atoms with Gasteiger partial charge in [0.2, 0.25) is 5.88 Å². The van der Waals surface area contributed by atoms with Crippen molar-refractivity contribution in [3.8, 4) is 17.4 Å². The molecule has 0 saturated carbocycles. The molecule has 13 heteroatoms. The van der Waals surface area contributed by atoms with Crippen LogP contribution in [0.15, 0.2) is 66.7 Å². The van der Waals surface area contributed by atoms with Crippen molar-refractivity contribution in [2.24, 2.45) is 0 Å². The predicted molar refractivity (Wildman–Crippen MR) is 151 cm³/mol. The number of piperazine rings is 1. The van der Waals surface area contributed by atoms with Gasteiger partial charge in [-0.05, 0) is 42.0 Å². The first-order valence-corrected chi connectivity index (χ1v) is 14.0. The normalized spacial score (nSPS) is 14.2. The summed E-state index contributed by atoms with van der Waals surface area (Å²) in [7, 11) is 1.36. The molecule has 0 radical (unpaired) electrons.